The summed E-state index contributed by atoms with van der Waals surface area (Å²) in [5.74, 6) is 0.779. The van der Waals surface area contributed by atoms with E-state index in [1.54, 1.807) is 22.7 Å². The van der Waals surface area contributed by atoms with Crippen LogP contribution in [-0.4, -0.2) is 57.9 Å². The highest BCUT2D eigenvalue weighted by molar-refractivity contribution is 7.15. The van der Waals surface area contributed by atoms with Gasteiger partial charge in [-0.05, 0) is 30.2 Å². The van der Waals surface area contributed by atoms with Gasteiger partial charge in [-0.15, -0.1) is 11.3 Å². The van der Waals surface area contributed by atoms with E-state index in [2.05, 4.69) is 9.88 Å². The molecule has 2 aromatic heterocycles. The maximum atomic E-state index is 13.0. The van der Waals surface area contributed by atoms with Crippen LogP contribution in [0.2, 0.25) is 5.02 Å². The Morgan fingerprint density at radius 1 is 1.23 bits per heavy atom. The molecule has 2 aliphatic rings. The molecule has 5 rings (SSSR count). The van der Waals surface area contributed by atoms with Crippen molar-refractivity contribution >= 4 is 33.8 Å². The number of carbonyl (C=O) groups excluding carboxylic acids is 1. The van der Waals surface area contributed by atoms with Gasteiger partial charge in [0.25, 0.3) is 5.56 Å². The summed E-state index contributed by atoms with van der Waals surface area (Å²) in [5.41, 5.74) is 1.71. The monoisotopic (exact) mass is 444 g/mol. The number of halogens is 1. The topological polar surface area (TPSA) is 67.2 Å². The van der Waals surface area contributed by atoms with Crippen molar-refractivity contribution in [2.45, 2.75) is 13.0 Å². The Labute approximate surface area is 182 Å². The number of aromatic nitrogens is 2. The molecule has 30 heavy (non-hydrogen) atoms. The van der Waals surface area contributed by atoms with E-state index in [1.165, 1.54) is 11.3 Å². The van der Waals surface area contributed by atoms with Crippen molar-refractivity contribution in [2.75, 3.05) is 32.8 Å². The van der Waals surface area contributed by atoms with E-state index in [0.29, 0.717) is 42.6 Å². The van der Waals surface area contributed by atoms with E-state index >= 15 is 0 Å². The second kappa shape index (κ2) is 8.02. The third kappa shape index (κ3) is 3.82. The van der Waals surface area contributed by atoms with Gasteiger partial charge >= 0.3 is 0 Å². The van der Waals surface area contributed by atoms with Gasteiger partial charge in [0.2, 0.25) is 5.91 Å². The van der Waals surface area contributed by atoms with Gasteiger partial charge in [0.15, 0.2) is 4.96 Å². The van der Waals surface area contributed by atoms with Gasteiger partial charge in [0.1, 0.15) is 12.4 Å². The van der Waals surface area contributed by atoms with Gasteiger partial charge in [-0.1, -0.05) is 11.6 Å². The second-order valence-electron chi connectivity index (χ2n) is 7.71. The van der Waals surface area contributed by atoms with Crippen molar-refractivity contribution < 1.29 is 9.53 Å². The first kappa shape index (κ1) is 19.5. The summed E-state index contributed by atoms with van der Waals surface area (Å²) in [6.45, 7) is 3.86. The molecule has 1 saturated heterocycles. The summed E-state index contributed by atoms with van der Waals surface area (Å²) in [4.78, 5) is 34.6. The second-order valence-corrected chi connectivity index (χ2v) is 9.02. The number of rotatable bonds is 3. The number of carbonyl (C=O) groups is 1. The lowest BCUT2D eigenvalue weighted by Crippen LogP contribution is -2.51. The molecule has 1 fully saturated rings. The van der Waals surface area contributed by atoms with Crippen LogP contribution >= 0.6 is 22.9 Å². The molecule has 0 bridgehead atoms. The van der Waals surface area contributed by atoms with Gasteiger partial charge in [-0.2, -0.15) is 0 Å². The molecule has 0 N–H and O–H groups in total. The average molecular weight is 445 g/mol. The van der Waals surface area contributed by atoms with Crippen molar-refractivity contribution in [3.8, 4) is 5.75 Å². The molecular formula is C21H21ClN4O3S. The van der Waals surface area contributed by atoms with Crippen LogP contribution in [0.15, 0.2) is 40.6 Å². The lowest BCUT2D eigenvalue weighted by molar-refractivity contribution is -0.138. The smallest absolute Gasteiger partial charge is 0.258 e. The first-order valence-electron chi connectivity index (χ1n) is 9.95. The fraction of sp³-hybridized carbons (Fsp3) is 0.381. The quantitative estimate of drug-likeness (QED) is 0.620. The van der Waals surface area contributed by atoms with Crippen LogP contribution < -0.4 is 10.3 Å². The zero-order valence-electron chi connectivity index (χ0n) is 16.3. The molecule has 0 saturated carbocycles. The SMILES string of the molecule is O=C([C@@H]1COc2ccc(Cl)cc2C1)N1CCN(Cc2cc(=O)n3ccsc3n2)CC1. The summed E-state index contributed by atoms with van der Waals surface area (Å²) in [6.07, 6.45) is 2.40. The minimum absolute atomic E-state index is 0.0530. The van der Waals surface area contributed by atoms with Gasteiger partial charge in [0, 0.05) is 55.4 Å². The van der Waals surface area contributed by atoms with Crippen molar-refractivity contribution in [1.82, 2.24) is 19.2 Å². The van der Waals surface area contributed by atoms with Crippen LogP contribution in [0.5, 0.6) is 5.75 Å². The first-order chi connectivity index (χ1) is 14.6. The fourth-order valence-electron chi connectivity index (χ4n) is 4.10. The van der Waals surface area contributed by atoms with Crippen molar-refractivity contribution in [2.24, 2.45) is 5.92 Å². The molecule has 0 aliphatic carbocycles. The maximum Gasteiger partial charge on any atom is 0.258 e. The predicted octanol–water partition coefficient (Wildman–Crippen LogP) is 2.30. The summed E-state index contributed by atoms with van der Waals surface area (Å²) >= 11 is 7.54. The van der Waals surface area contributed by atoms with Gasteiger partial charge in [-0.3, -0.25) is 18.9 Å². The Balaban J connectivity index is 1.19. The first-order valence-corrected chi connectivity index (χ1v) is 11.2. The lowest BCUT2D eigenvalue weighted by Gasteiger charge is -2.37. The number of piperazine rings is 1. The number of amides is 1. The molecule has 7 nitrogen and oxygen atoms in total. The number of hydrogen-bond acceptors (Lipinski definition) is 6. The van der Waals surface area contributed by atoms with E-state index in [-0.39, 0.29) is 17.4 Å². The van der Waals surface area contributed by atoms with Gasteiger partial charge in [0.05, 0.1) is 11.6 Å². The Morgan fingerprint density at radius 2 is 2.07 bits per heavy atom. The average Bonchev–Trinajstić information content (AvgIpc) is 3.22. The van der Waals surface area contributed by atoms with Crippen LogP contribution in [0.25, 0.3) is 4.96 Å². The predicted molar refractivity (Wildman–Crippen MR) is 115 cm³/mol. The Morgan fingerprint density at radius 3 is 2.90 bits per heavy atom. The maximum absolute atomic E-state index is 13.0. The van der Waals surface area contributed by atoms with Crippen LogP contribution in [0.3, 0.4) is 0 Å². The molecule has 4 heterocycles. The van der Waals surface area contributed by atoms with Crippen LogP contribution in [0, 0.1) is 5.92 Å². The van der Waals surface area contributed by atoms with E-state index in [0.717, 1.165) is 30.1 Å². The minimum Gasteiger partial charge on any atom is -0.492 e. The van der Waals surface area contributed by atoms with E-state index in [9.17, 15) is 9.59 Å². The van der Waals surface area contributed by atoms with Crippen LogP contribution in [-0.2, 0) is 17.8 Å². The zero-order chi connectivity index (χ0) is 20.7. The van der Waals surface area contributed by atoms with Crippen LogP contribution in [0.4, 0.5) is 0 Å². The standard InChI is InChI=1S/C21H21ClN4O3S/c22-16-1-2-18-14(10-16)9-15(13-29-18)20(28)25-5-3-24(4-6-25)12-17-11-19(27)26-7-8-30-21(26)23-17/h1-2,7-8,10-11,15H,3-6,9,12-13H2/t15-/m0/s1. The number of ether oxygens (including phenoxy) is 1. The third-order valence-electron chi connectivity index (χ3n) is 5.70. The van der Waals surface area contributed by atoms with Gasteiger partial charge < -0.3 is 9.64 Å². The molecule has 9 heteroatoms. The number of hydrogen-bond donors (Lipinski definition) is 0. The van der Waals surface area contributed by atoms with E-state index < -0.39 is 0 Å². The molecule has 1 aromatic carbocycles. The number of nitrogens with zero attached hydrogens (tertiary/aromatic N) is 4. The Kier molecular flexibility index (Phi) is 5.22. The number of fused-ring (bicyclic) bond motifs is 2. The number of thiazole rings is 1. The molecular weight excluding hydrogens is 424 g/mol. The third-order valence-corrected chi connectivity index (χ3v) is 6.70. The Hall–Kier alpha value is -2.42. The molecule has 0 spiro atoms. The summed E-state index contributed by atoms with van der Waals surface area (Å²) < 4.78 is 7.35. The number of benzene rings is 1. The van der Waals surface area contributed by atoms with Gasteiger partial charge in [-0.25, -0.2) is 4.98 Å². The highest BCUT2D eigenvalue weighted by Crippen LogP contribution is 2.30. The zero-order valence-corrected chi connectivity index (χ0v) is 17.9. The molecule has 2 aliphatic heterocycles. The molecule has 0 unspecified atom stereocenters. The molecule has 156 valence electrons. The largest absolute Gasteiger partial charge is 0.492 e. The highest BCUT2D eigenvalue weighted by atomic mass is 35.5. The summed E-state index contributed by atoms with van der Waals surface area (Å²) in [5, 5.41) is 2.52. The van der Waals surface area contributed by atoms with Crippen molar-refractivity contribution in [3.63, 3.8) is 0 Å². The highest BCUT2D eigenvalue weighted by Gasteiger charge is 2.31. The summed E-state index contributed by atoms with van der Waals surface area (Å²) in [6, 6.07) is 7.15. The van der Waals surface area contributed by atoms with Crippen LogP contribution in [0.1, 0.15) is 11.3 Å². The van der Waals surface area contributed by atoms with Crippen molar-refractivity contribution in [1.29, 1.82) is 0 Å². The Bertz CT molecular complexity index is 1150. The minimum atomic E-state index is -0.175. The van der Waals surface area contributed by atoms with E-state index in [4.69, 9.17) is 16.3 Å². The summed E-state index contributed by atoms with van der Waals surface area (Å²) in [7, 11) is 0. The van der Waals surface area contributed by atoms with E-state index in [1.807, 2.05) is 22.4 Å². The molecule has 1 atom stereocenters. The van der Waals surface area contributed by atoms with Crippen molar-refractivity contribution in [3.05, 3.63) is 62.5 Å². The lowest BCUT2D eigenvalue weighted by atomic mass is 9.95. The molecule has 3 aromatic rings. The fourth-order valence-corrected chi connectivity index (χ4v) is 5.04. The molecule has 1 amide bonds. The molecule has 0 radical (unpaired) electrons. The normalized spacial score (nSPS) is 19.5.